The number of carbonyl (C=O) groups is 1. The number of nitrogens with one attached hydrogen (secondary N) is 1. The molecule has 0 bridgehead atoms. The number of benzene rings is 1. The maximum Gasteiger partial charge on any atom is 0.226 e. The minimum absolute atomic E-state index is 0.0291. The van der Waals surface area contributed by atoms with Crippen LogP contribution in [0.5, 0.6) is 0 Å². The van der Waals surface area contributed by atoms with Gasteiger partial charge < -0.3 is 9.88 Å². The van der Waals surface area contributed by atoms with Crippen LogP contribution in [0.4, 0.5) is 5.69 Å². The van der Waals surface area contributed by atoms with Crippen LogP contribution in [-0.4, -0.2) is 15.5 Å². The Labute approximate surface area is 111 Å². The van der Waals surface area contributed by atoms with Crippen molar-refractivity contribution in [2.45, 2.75) is 19.4 Å². The third kappa shape index (κ3) is 3.34. The van der Waals surface area contributed by atoms with Gasteiger partial charge in [0.05, 0.1) is 6.33 Å². The first kappa shape index (κ1) is 12.6. The van der Waals surface area contributed by atoms with E-state index in [0.717, 1.165) is 5.69 Å². The molecule has 94 valence electrons. The van der Waals surface area contributed by atoms with Crippen molar-refractivity contribution in [1.29, 1.82) is 0 Å². The van der Waals surface area contributed by atoms with Crippen molar-refractivity contribution < 1.29 is 4.79 Å². The highest BCUT2D eigenvalue weighted by molar-refractivity contribution is 6.30. The molecule has 1 amide bonds. The molecule has 2 rings (SSSR count). The first-order valence-corrected chi connectivity index (χ1v) is 6.06. The molecule has 5 heteroatoms. The van der Waals surface area contributed by atoms with E-state index >= 15 is 0 Å². The van der Waals surface area contributed by atoms with E-state index in [-0.39, 0.29) is 11.9 Å². The van der Waals surface area contributed by atoms with Gasteiger partial charge in [0, 0.05) is 35.6 Å². The predicted octanol–water partition coefficient (Wildman–Crippen LogP) is 3.13. The van der Waals surface area contributed by atoms with Crippen molar-refractivity contribution in [3.63, 3.8) is 0 Å². The number of nitrogens with zero attached hydrogens (tertiary/aromatic N) is 2. The monoisotopic (exact) mass is 263 g/mol. The van der Waals surface area contributed by atoms with Gasteiger partial charge in [0.15, 0.2) is 0 Å². The van der Waals surface area contributed by atoms with Crippen LogP contribution in [-0.2, 0) is 4.79 Å². The molecule has 1 aromatic carbocycles. The Bertz CT molecular complexity index is 508. The van der Waals surface area contributed by atoms with Gasteiger partial charge in [0.1, 0.15) is 0 Å². The number of carbonyl (C=O) groups excluding carboxylic acids is 1. The van der Waals surface area contributed by atoms with Gasteiger partial charge in [-0.15, -0.1) is 0 Å². The summed E-state index contributed by atoms with van der Waals surface area (Å²) >= 11 is 5.78. The summed E-state index contributed by atoms with van der Waals surface area (Å²) < 4.78 is 1.90. The van der Waals surface area contributed by atoms with E-state index in [1.807, 2.05) is 17.7 Å². The van der Waals surface area contributed by atoms with E-state index in [4.69, 9.17) is 11.6 Å². The number of halogens is 1. The standard InChI is InChI=1S/C13H14ClN3O/c1-10(17-7-6-15-9-17)8-13(18)16-12-4-2-11(14)3-5-12/h2-7,9-10H,8H2,1H3,(H,16,18)/t10-/m0/s1. The molecule has 0 fully saturated rings. The van der Waals surface area contributed by atoms with Crippen LogP contribution >= 0.6 is 11.6 Å². The molecule has 0 aliphatic carbocycles. The summed E-state index contributed by atoms with van der Waals surface area (Å²) in [6.45, 7) is 1.98. The van der Waals surface area contributed by atoms with Crippen molar-refractivity contribution in [3.8, 4) is 0 Å². The lowest BCUT2D eigenvalue weighted by Gasteiger charge is -2.12. The van der Waals surface area contributed by atoms with E-state index in [1.54, 1.807) is 36.8 Å². The SMILES string of the molecule is C[C@@H](CC(=O)Nc1ccc(Cl)cc1)n1ccnc1. The number of hydrogen-bond acceptors (Lipinski definition) is 2. The molecule has 0 aliphatic heterocycles. The number of hydrogen-bond donors (Lipinski definition) is 1. The van der Waals surface area contributed by atoms with E-state index in [9.17, 15) is 4.79 Å². The average molecular weight is 264 g/mol. The highest BCUT2D eigenvalue weighted by Gasteiger charge is 2.10. The van der Waals surface area contributed by atoms with Gasteiger partial charge in [-0.05, 0) is 31.2 Å². The summed E-state index contributed by atoms with van der Waals surface area (Å²) in [5, 5.41) is 3.48. The zero-order chi connectivity index (χ0) is 13.0. The molecule has 1 heterocycles. The molecule has 1 N–H and O–H groups in total. The van der Waals surface area contributed by atoms with Crippen LogP contribution in [0.1, 0.15) is 19.4 Å². The van der Waals surface area contributed by atoms with Crippen molar-refractivity contribution >= 4 is 23.2 Å². The zero-order valence-corrected chi connectivity index (χ0v) is 10.8. The number of aromatic nitrogens is 2. The highest BCUT2D eigenvalue weighted by Crippen LogP contribution is 2.15. The van der Waals surface area contributed by atoms with Gasteiger partial charge in [-0.1, -0.05) is 11.6 Å². The molecule has 2 aromatic rings. The fourth-order valence-corrected chi connectivity index (χ4v) is 1.78. The first-order valence-electron chi connectivity index (χ1n) is 5.68. The smallest absolute Gasteiger partial charge is 0.226 e. The van der Waals surface area contributed by atoms with E-state index in [2.05, 4.69) is 10.3 Å². The molecule has 1 atom stereocenters. The molecule has 1 aromatic heterocycles. The lowest BCUT2D eigenvalue weighted by Crippen LogP contribution is -2.16. The van der Waals surface area contributed by atoms with E-state index < -0.39 is 0 Å². The molecular weight excluding hydrogens is 250 g/mol. The lowest BCUT2D eigenvalue weighted by atomic mass is 10.2. The number of rotatable bonds is 4. The summed E-state index contributed by atoms with van der Waals surface area (Å²) in [6, 6.07) is 7.14. The Hall–Kier alpha value is -1.81. The van der Waals surface area contributed by atoms with Crippen LogP contribution < -0.4 is 5.32 Å². The Morgan fingerprint density at radius 1 is 1.44 bits per heavy atom. The van der Waals surface area contributed by atoms with Crippen LogP contribution in [0, 0.1) is 0 Å². The van der Waals surface area contributed by atoms with Crippen LogP contribution in [0.2, 0.25) is 5.02 Å². The highest BCUT2D eigenvalue weighted by atomic mass is 35.5. The second-order valence-corrected chi connectivity index (χ2v) is 4.55. The number of amides is 1. The van der Waals surface area contributed by atoms with Gasteiger partial charge >= 0.3 is 0 Å². The van der Waals surface area contributed by atoms with Crippen molar-refractivity contribution in [2.75, 3.05) is 5.32 Å². The Morgan fingerprint density at radius 3 is 2.78 bits per heavy atom. The average Bonchev–Trinajstić information content (AvgIpc) is 2.85. The number of anilines is 1. The summed E-state index contributed by atoms with van der Waals surface area (Å²) in [6.07, 6.45) is 5.66. The minimum atomic E-state index is -0.0291. The molecule has 0 aliphatic rings. The minimum Gasteiger partial charge on any atom is -0.334 e. The van der Waals surface area contributed by atoms with Crippen molar-refractivity contribution in [3.05, 3.63) is 48.0 Å². The number of imidazole rings is 1. The van der Waals surface area contributed by atoms with Gasteiger partial charge in [0.25, 0.3) is 0 Å². The predicted molar refractivity (Wildman–Crippen MR) is 71.6 cm³/mol. The topological polar surface area (TPSA) is 46.9 Å². The van der Waals surface area contributed by atoms with Crippen LogP contribution in [0.3, 0.4) is 0 Å². The van der Waals surface area contributed by atoms with E-state index in [0.29, 0.717) is 11.4 Å². The van der Waals surface area contributed by atoms with Gasteiger partial charge in [0.2, 0.25) is 5.91 Å². The summed E-state index contributed by atoms with van der Waals surface area (Å²) in [5.41, 5.74) is 0.752. The van der Waals surface area contributed by atoms with Crippen LogP contribution in [0.15, 0.2) is 43.0 Å². The fraction of sp³-hybridized carbons (Fsp3) is 0.231. The quantitative estimate of drug-likeness (QED) is 0.921. The normalized spacial score (nSPS) is 12.1. The molecule has 0 radical (unpaired) electrons. The lowest BCUT2D eigenvalue weighted by molar-refractivity contribution is -0.116. The molecule has 0 unspecified atom stereocenters. The van der Waals surface area contributed by atoms with Crippen LogP contribution in [0.25, 0.3) is 0 Å². The molecule has 0 saturated carbocycles. The van der Waals surface area contributed by atoms with Gasteiger partial charge in [-0.2, -0.15) is 0 Å². The van der Waals surface area contributed by atoms with Crippen molar-refractivity contribution in [2.24, 2.45) is 0 Å². The largest absolute Gasteiger partial charge is 0.334 e. The summed E-state index contributed by atoms with van der Waals surface area (Å²) in [5.74, 6) is -0.0291. The molecule has 0 saturated heterocycles. The van der Waals surface area contributed by atoms with E-state index in [1.165, 1.54) is 0 Å². The fourth-order valence-electron chi connectivity index (χ4n) is 1.65. The first-order chi connectivity index (χ1) is 8.65. The third-order valence-electron chi connectivity index (χ3n) is 2.64. The van der Waals surface area contributed by atoms with Gasteiger partial charge in [-0.25, -0.2) is 4.98 Å². The Balaban J connectivity index is 1.91. The Morgan fingerprint density at radius 2 is 2.17 bits per heavy atom. The molecule has 18 heavy (non-hydrogen) atoms. The van der Waals surface area contributed by atoms with Crippen molar-refractivity contribution in [1.82, 2.24) is 9.55 Å². The summed E-state index contributed by atoms with van der Waals surface area (Å²) in [4.78, 5) is 15.8. The second-order valence-electron chi connectivity index (χ2n) is 4.12. The Kier molecular flexibility index (Phi) is 3.99. The molecular formula is C13H14ClN3O. The maximum atomic E-state index is 11.8. The van der Waals surface area contributed by atoms with Gasteiger partial charge in [-0.3, -0.25) is 4.79 Å². The molecule has 0 spiro atoms. The second kappa shape index (κ2) is 5.69. The summed E-state index contributed by atoms with van der Waals surface area (Å²) in [7, 11) is 0. The third-order valence-corrected chi connectivity index (χ3v) is 2.89. The maximum absolute atomic E-state index is 11.8. The zero-order valence-electron chi connectivity index (χ0n) is 10.0. The molecule has 4 nitrogen and oxygen atoms in total.